The van der Waals surface area contributed by atoms with Crippen molar-refractivity contribution in [1.29, 1.82) is 0 Å². The fourth-order valence-electron chi connectivity index (χ4n) is 1.95. The number of nitrogens with zero attached hydrogens (tertiary/aromatic N) is 2. The van der Waals surface area contributed by atoms with Crippen molar-refractivity contribution in [2.75, 3.05) is 23.8 Å². The third kappa shape index (κ3) is 3.15. The van der Waals surface area contributed by atoms with E-state index in [1.165, 1.54) is 0 Å². The summed E-state index contributed by atoms with van der Waals surface area (Å²) in [6, 6.07) is 11.5. The van der Waals surface area contributed by atoms with Gasteiger partial charge in [0.2, 0.25) is 0 Å². The summed E-state index contributed by atoms with van der Waals surface area (Å²) in [5, 5.41) is 3.11. The van der Waals surface area contributed by atoms with Crippen LogP contribution in [-0.4, -0.2) is 24.5 Å². The third-order valence-corrected chi connectivity index (χ3v) is 3.06. The number of carbonyl (C=O) groups is 1. The molecule has 0 radical (unpaired) electrons. The van der Waals surface area contributed by atoms with Gasteiger partial charge in [0.15, 0.2) is 0 Å². The van der Waals surface area contributed by atoms with Gasteiger partial charge in [-0.25, -0.2) is 4.98 Å². The predicted octanol–water partition coefficient (Wildman–Crippen LogP) is 3.10. The number of hydrogen-bond acceptors (Lipinski definition) is 3. The highest BCUT2D eigenvalue weighted by atomic mass is 16.2. The number of amides is 1. The Morgan fingerprint density at radius 3 is 2.70 bits per heavy atom. The van der Waals surface area contributed by atoms with Crippen molar-refractivity contribution in [3.8, 4) is 0 Å². The highest BCUT2D eigenvalue weighted by Crippen LogP contribution is 2.17. The van der Waals surface area contributed by atoms with Crippen molar-refractivity contribution < 1.29 is 4.79 Å². The van der Waals surface area contributed by atoms with Crippen molar-refractivity contribution in [3.63, 3.8) is 0 Å². The molecule has 104 valence electrons. The second kappa shape index (κ2) is 6.19. The van der Waals surface area contributed by atoms with Crippen LogP contribution >= 0.6 is 0 Å². The Morgan fingerprint density at radius 1 is 1.30 bits per heavy atom. The Balaban J connectivity index is 2.18. The normalized spacial score (nSPS) is 10.2. The zero-order chi connectivity index (χ0) is 14.5. The van der Waals surface area contributed by atoms with Gasteiger partial charge in [-0.3, -0.25) is 4.79 Å². The number of hydrogen-bond donors (Lipinski definition) is 1. The molecule has 20 heavy (non-hydrogen) atoms. The molecule has 1 N–H and O–H groups in total. The molecule has 1 aromatic carbocycles. The van der Waals surface area contributed by atoms with Gasteiger partial charge < -0.3 is 10.2 Å². The number of benzene rings is 1. The standard InChI is InChI=1S/C16H19N3O/c1-4-17-15-9-8-13(11-18-15)16(20)19(3)14-7-5-6-12(2)10-14/h5-11H,4H2,1-3H3,(H,17,18). The Labute approximate surface area is 119 Å². The molecule has 1 aromatic heterocycles. The van der Waals surface area contributed by atoms with E-state index in [2.05, 4.69) is 10.3 Å². The van der Waals surface area contributed by atoms with E-state index in [4.69, 9.17) is 0 Å². The van der Waals surface area contributed by atoms with Gasteiger partial charge in [-0.2, -0.15) is 0 Å². The molecule has 0 aliphatic carbocycles. The minimum atomic E-state index is -0.0638. The first-order valence-corrected chi connectivity index (χ1v) is 6.66. The van der Waals surface area contributed by atoms with Gasteiger partial charge in [0.05, 0.1) is 5.56 Å². The molecule has 0 unspecified atom stereocenters. The first-order chi connectivity index (χ1) is 9.61. The van der Waals surface area contributed by atoms with Crippen molar-refractivity contribution in [2.45, 2.75) is 13.8 Å². The van der Waals surface area contributed by atoms with Gasteiger partial charge in [-0.1, -0.05) is 12.1 Å². The summed E-state index contributed by atoms with van der Waals surface area (Å²) < 4.78 is 0. The second-order valence-corrected chi connectivity index (χ2v) is 4.67. The minimum absolute atomic E-state index is 0.0638. The summed E-state index contributed by atoms with van der Waals surface area (Å²) in [6.45, 7) is 4.82. The Bertz CT molecular complexity index is 593. The van der Waals surface area contributed by atoms with E-state index in [1.54, 1.807) is 24.2 Å². The van der Waals surface area contributed by atoms with Crippen LogP contribution in [-0.2, 0) is 0 Å². The molecule has 0 saturated heterocycles. The number of nitrogens with one attached hydrogen (secondary N) is 1. The SMILES string of the molecule is CCNc1ccc(C(=O)N(C)c2cccc(C)c2)cn1. The highest BCUT2D eigenvalue weighted by molar-refractivity contribution is 6.05. The molecule has 2 aromatic rings. The van der Waals surface area contributed by atoms with Crippen LogP contribution in [0.2, 0.25) is 0 Å². The lowest BCUT2D eigenvalue weighted by atomic mass is 10.2. The van der Waals surface area contributed by atoms with Crippen molar-refractivity contribution in [3.05, 3.63) is 53.7 Å². The zero-order valence-corrected chi connectivity index (χ0v) is 12.1. The maximum absolute atomic E-state index is 12.4. The molecule has 1 amide bonds. The molecule has 0 aliphatic heterocycles. The number of aryl methyl sites for hydroxylation is 1. The highest BCUT2D eigenvalue weighted by Gasteiger charge is 2.13. The second-order valence-electron chi connectivity index (χ2n) is 4.67. The van der Waals surface area contributed by atoms with E-state index >= 15 is 0 Å². The summed E-state index contributed by atoms with van der Waals surface area (Å²) in [7, 11) is 1.77. The van der Waals surface area contributed by atoms with Crippen LogP contribution in [0.1, 0.15) is 22.8 Å². The summed E-state index contributed by atoms with van der Waals surface area (Å²) in [6.07, 6.45) is 1.60. The Hall–Kier alpha value is -2.36. The summed E-state index contributed by atoms with van der Waals surface area (Å²) in [5.74, 6) is 0.716. The summed E-state index contributed by atoms with van der Waals surface area (Å²) in [5.41, 5.74) is 2.59. The van der Waals surface area contributed by atoms with Crippen molar-refractivity contribution >= 4 is 17.4 Å². The van der Waals surface area contributed by atoms with Crippen molar-refractivity contribution in [1.82, 2.24) is 4.98 Å². The molecule has 0 fully saturated rings. The molecule has 4 heteroatoms. The van der Waals surface area contributed by atoms with Crippen LogP contribution in [0.3, 0.4) is 0 Å². The van der Waals surface area contributed by atoms with Crippen LogP contribution in [0.5, 0.6) is 0 Å². The Morgan fingerprint density at radius 2 is 2.10 bits per heavy atom. The number of carbonyl (C=O) groups excluding carboxylic acids is 1. The number of rotatable bonds is 4. The third-order valence-electron chi connectivity index (χ3n) is 3.06. The van der Waals surface area contributed by atoms with Crippen LogP contribution in [0.25, 0.3) is 0 Å². The first-order valence-electron chi connectivity index (χ1n) is 6.66. The predicted molar refractivity (Wildman–Crippen MR) is 82.3 cm³/mol. The lowest BCUT2D eigenvalue weighted by Crippen LogP contribution is -2.26. The van der Waals surface area contributed by atoms with Crippen LogP contribution in [0.4, 0.5) is 11.5 Å². The fourth-order valence-corrected chi connectivity index (χ4v) is 1.95. The van der Waals surface area contributed by atoms with Gasteiger partial charge in [-0.05, 0) is 43.7 Å². The lowest BCUT2D eigenvalue weighted by Gasteiger charge is -2.17. The van der Waals surface area contributed by atoms with Gasteiger partial charge in [0.1, 0.15) is 5.82 Å². The van der Waals surface area contributed by atoms with E-state index in [0.717, 1.165) is 23.6 Å². The molecule has 4 nitrogen and oxygen atoms in total. The molecule has 0 bridgehead atoms. The lowest BCUT2D eigenvalue weighted by molar-refractivity contribution is 0.0992. The van der Waals surface area contributed by atoms with Crippen LogP contribution < -0.4 is 10.2 Å². The number of aromatic nitrogens is 1. The molecule has 0 saturated carbocycles. The topological polar surface area (TPSA) is 45.2 Å². The molecule has 0 aliphatic rings. The van der Waals surface area contributed by atoms with Gasteiger partial charge >= 0.3 is 0 Å². The quantitative estimate of drug-likeness (QED) is 0.927. The average molecular weight is 269 g/mol. The van der Waals surface area contributed by atoms with Crippen molar-refractivity contribution in [2.24, 2.45) is 0 Å². The zero-order valence-electron chi connectivity index (χ0n) is 12.1. The molecule has 2 rings (SSSR count). The average Bonchev–Trinajstić information content (AvgIpc) is 2.47. The van der Waals surface area contributed by atoms with Gasteiger partial charge in [0, 0.05) is 25.5 Å². The smallest absolute Gasteiger partial charge is 0.259 e. The number of anilines is 2. The molecule has 0 atom stereocenters. The van der Waals surface area contributed by atoms with E-state index in [0.29, 0.717) is 5.56 Å². The monoisotopic (exact) mass is 269 g/mol. The van der Waals surface area contributed by atoms with E-state index in [9.17, 15) is 4.79 Å². The molecular formula is C16H19N3O. The fraction of sp³-hybridized carbons (Fsp3) is 0.250. The number of pyridine rings is 1. The van der Waals surface area contributed by atoms with Gasteiger partial charge in [-0.15, -0.1) is 0 Å². The van der Waals surface area contributed by atoms with E-state index in [1.807, 2.05) is 44.2 Å². The maximum Gasteiger partial charge on any atom is 0.259 e. The van der Waals surface area contributed by atoms with E-state index < -0.39 is 0 Å². The molecule has 0 spiro atoms. The maximum atomic E-state index is 12.4. The summed E-state index contributed by atoms with van der Waals surface area (Å²) in [4.78, 5) is 18.3. The van der Waals surface area contributed by atoms with Crippen LogP contribution in [0, 0.1) is 6.92 Å². The van der Waals surface area contributed by atoms with E-state index in [-0.39, 0.29) is 5.91 Å². The Kier molecular flexibility index (Phi) is 4.35. The molecular weight excluding hydrogens is 250 g/mol. The van der Waals surface area contributed by atoms with Gasteiger partial charge in [0.25, 0.3) is 5.91 Å². The van der Waals surface area contributed by atoms with Crippen LogP contribution in [0.15, 0.2) is 42.6 Å². The minimum Gasteiger partial charge on any atom is -0.370 e. The molecule has 1 heterocycles. The first kappa shape index (κ1) is 14.1. The summed E-state index contributed by atoms with van der Waals surface area (Å²) >= 11 is 0. The largest absolute Gasteiger partial charge is 0.370 e.